The molecule has 112 valence electrons. The summed E-state index contributed by atoms with van der Waals surface area (Å²) in [6.07, 6.45) is 7.21. The summed E-state index contributed by atoms with van der Waals surface area (Å²) < 4.78 is 4.96. The third kappa shape index (κ3) is 9.71. The van der Waals surface area contributed by atoms with Crippen molar-refractivity contribution in [3.8, 4) is 0 Å². The summed E-state index contributed by atoms with van der Waals surface area (Å²) in [5, 5.41) is 9.29. The maximum absolute atomic E-state index is 10.7. The number of aliphatic hydroxyl groups excluding tert-OH is 1. The molecule has 0 spiro atoms. The number of hydrogen-bond acceptors (Lipinski definition) is 3. The number of allylic oxidation sites excluding steroid dienone is 1. The quantitative estimate of drug-likeness (QED) is 0.461. The van der Waals surface area contributed by atoms with Crippen LogP contribution in [0.25, 0.3) is 0 Å². The molecule has 0 amide bonds. The third-order valence-corrected chi connectivity index (χ3v) is 3.78. The van der Waals surface area contributed by atoms with Crippen LogP contribution in [0.2, 0.25) is 0 Å². The second-order valence-corrected chi connectivity index (χ2v) is 5.60. The molecular weight excluding hydrogens is 240 g/mol. The molecule has 0 rings (SSSR count). The van der Waals surface area contributed by atoms with Crippen LogP contribution in [0.3, 0.4) is 0 Å². The highest BCUT2D eigenvalue weighted by atomic mass is 16.5. The first-order valence-corrected chi connectivity index (χ1v) is 7.36. The largest absolute Gasteiger partial charge is 0.466 e. The predicted molar refractivity (Wildman–Crippen MR) is 78.8 cm³/mol. The van der Waals surface area contributed by atoms with Crippen molar-refractivity contribution in [1.82, 2.24) is 0 Å². The van der Waals surface area contributed by atoms with E-state index in [0.29, 0.717) is 24.4 Å². The molecule has 0 aromatic rings. The highest BCUT2D eigenvalue weighted by Crippen LogP contribution is 2.25. The van der Waals surface area contributed by atoms with E-state index in [1.165, 1.54) is 6.92 Å². The lowest BCUT2D eigenvalue weighted by molar-refractivity contribution is -0.141. The number of ether oxygens (including phenoxy) is 1. The third-order valence-electron chi connectivity index (χ3n) is 3.78. The maximum Gasteiger partial charge on any atom is 0.302 e. The molecule has 3 heteroatoms. The normalized spacial score (nSPS) is 15.6. The van der Waals surface area contributed by atoms with E-state index < -0.39 is 0 Å². The van der Waals surface area contributed by atoms with Gasteiger partial charge < -0.3 is 9.84 Å². The fourth-order valence-electron chi connectivity index (χ4n) is 2.24. The van der Waals surface area contributed by atoms with Crippen LogP contribution in [0, 0.1) is 17.8 Å². The average molecular weight is 270 g/mol. The molecule has 0 heterocycles. The standard InChI is InChI=1S/C16H30O3/c1-5-6-7-16(14(3)12-17)9-8-13(2)10-11-19-15(4)18/h5,13-14,16-17H,1,6-12H2,2-4H3. The Morgan fingerprint density at radius 1 is 1.26 bits per heavy atom. The van der Waals surface area contributed by atoms with Crippen molar-refractivity contribution in [2.24, 2.45) is 17.8 Å². The van der Waals surface area contributed by atoms with Crippen molar-refractivity contribution in [1.29, 1.82) is 0 Å². The fraction of sp³-hybridized carbons (Fsp3) is 0.812. The lowest BCUT2D eigenvalue weighted by atomic mass is 9.84. The van der Waals surface area contributed by atoms with Gasteiger partial charge in [-0.05, 0) is 43.4 Å². The summed E-state index contributed by atoms with van der Waals surface area (Å²) in [7, 11) is 0. The molecule has 3 unspecified atom stereocenters. The van der Waals surface area contributed by atoms with Gasteiger partial charge in [0.25, 0.3) is 0 Å². The smallest absolute Gasteiger partial charge is 0.302 e. The van der Waals surface area contributed by atoms with Crippen LogP contribution in [-0.2, 0) is 9.53 Å². The summed E-state index contributed by atoms with van der Waals surface area (Å²) in [5.74, 6) is 1.25. The van der Waals surface area contributed by atoms with Gasteiger partial charge in [0.15, 0.2) is 0 Å². The predicted octanol–water partition coefficient (Wildman–Crippen LogP) is 3.57. The highest BCUT2D eigenvalue weighted by molar-refractivity contribution is 5.65. The first kappa shape index (κ1) is 18.2. The number of rotatable bonds is 11. The van der Waals surface area contributed by atoms with Crippen LogP contribution in [-0.4, -0.2) is 24.3 Å². The molecule has 0 aliphatic carbocycles. The average Bonchev–Trinajstić information content (AvgIpc) is 2.37. The van der Waals surface area contributed by atoms with Crippen LogP contribution >= 0.6 is 0 Å². The van der Waals surface area contributed by atoms with Crippen molar-refractivity contribution in [2.45, 2.75) is 52.9 Å². The molecular formula is C16H30O3. The number of aliphatic hydroxyl groups is 1. The Bertz CT molecular complexity index is 250. The zero-order valence-corrected chi connectivity index (χ0v) is 12.7. The molecule has 0 aliphatic heterocycles. The van der Waals surface area contributed by atoms with Crippen LogP contribution in [0.5, 0.6) is 0 Å². The Balaban J connectivity index is 3.94. The Hall–Kier alpha value is -0.830. The van der Waals surface area contributed by atoms with Crippen molar-refractivity contribution in [3.05, 3.63) is 12.7 Å². The molecule has 0 saturated carbocycles. The van der Waals surface area contributed by atoms with Crippen LogP contribution in [0.1, 0.15) is 52.9 Å². The van der Waals surface area contributed by atoms with Gasteiger partial charge in [-0.3, -0.25) is 4.79 Å². The van der Waals surface area contributed by atoms with E-state index in [0.717, 1.165) is 32.1 Å². The molecule has 0 aliphatic rings. The summed E-state index contributed by atoms with van der Waals surface area (Å²) in [4.78, 5) is 10.7. The first-order chi connectivity index (χ1) is 9.01. The van der Waals surface area contributed by atoms with Gasteiger partial charge in [-0.15, -0.1) is 6.58 Å². The Morgan fingerprint density at radius 2 is 1.95 bits per heavy atom. The van der Waals surface area contributed by atoms with E-state index in [2.05, 4.69) is 20.4 Å². The SMILES string of the molecule is C=CCCC(CCC(C)CCOC(C)=O)C(C)CO. The molecule has 0 aromatic heterocycles. The minimum atomic E-state index is -0.204. The molecule has 3 nitrogen and oxygen atoms in total. The van der Waals surface area contributed by atoms with Gasteiger partial charge in [0, 0.05) is 13.5 Å². The maximum atomic E-state index is 10.7. The summed E-state index contributed by atoms with van der Waals surface area (Å²) in [5.41, 5.74) is 0. The molecule has 3 atom stereocenters. The topological polar surface area (TPSA) is 46.5 Å². The van der Waals surface area contributed by atoms with Gasteiger partial charge in [0.2, 0.25) is 0 Å². The lowest BCUT2D eigenvalue weighted by Crippen LogP contribution is -2.17. The van der Waals surface area contributed by atoms with E-state index in [9.17, 15) is 9.90 Å². The lowest BCUT2D eigenvalue weighted by Gasteiger charge is -2.23. The van der Waals surface area contributed by atoms with Gasteiger partial charge >= 0.3 is 5.97 Å². The molecule has 0 bridgehead atoms. The molecule has 0 radical (unpaired) electrons. The molecule has 1 N–H and O–H groups in total. The van der Waals surface area contributed by atoms with Gasteiger partial charge in [0.05, 0.1) is 6.61 Å². The second kappa shape index (κ2) is 11.0. The van der Waals surface area contributed by atoms with E-state index in [1.807, 2.05) is 6.08 Å². The van der Waals surface area contributed by atoms with Gasteiger partial charge in [0.1, 0.15) is 0 Å². The van der Waals surface area contributed by atoms with Crippen LogP contribution in [0.4, 0.5) is 0 Å². The zero-order chi connectivity index (χ0) is 14.7. The van der Waals surface area contributed by atoms with Crippen molar-refractivity contribution >= 4 is 5.97 Å². The van der Waals surface area contributed by atoms with Crippen molar-refractivity contribution < 1.29 is 14.6 Å². The summed E-state index contributed by atoms with van der Waals surface area (Å²) >= 11 is 0. The fourth-order valence-corrected chi connectivity index (χ4v) is 2.24. The summed E-state index contributed by atoms with van der Waals surface area (Å²) in [6, 6.07) is 0. The monoisotopic (exact) mass is 270 g/mol. The van der Waals surface area contributed by atoms with Crippen LogP contribution in [0.15, 0.2) is 12.7 Å². The molecule has 0 fully saturated rings. The Labute approximate surface area is 118 Å². The zero-order valence-electron chi connectivity index (χ0n) is 12.7. The number of hydrogen-bond donors (Lipinski definition) is 1. The van der Waals surface area contributed by atoms with E-state index in [1.54, 1.807) is 0 Å². The van der Waals surface area contributed by atoms with Gasteiger partial charge in [-0.25, -0.2) is 0 Å². The summed E-state index contributed by atoms with van der Waals surface area (Å²) in [6.45, 7) is 10.3. The minimum absolute atomic E-state index is 0.204. The van der Waals surface area contributed by atoms with Crippen molar-refractivity contribution in [2.75, 3.05) is 13.2 Å². The number of carbonyl (C=O) groups excluding carboxylic acids is 1. The van der Waals surface area contributed by atoms with E-state index in [-0.39, 0.29) is 12.6 Å². The number of esters is 1. The van der Waals surface area contributed by atoms with E-state index in [4.69, 9.17) is 4.74 Å². The Morgan fingerprint density at radius 3 is 2.47 bits per heavy atom. The Kier molecular flexibility index (Phi) is 10.6. The van der Waals surface area contributed by atoms with E-state index >= 15 is 0 Å². The second-order valence-electron chi connectivity index (χ2n) is 5.60. The number of carbonyl (C=O) groups is 1. The van der Waals surface area contributed by atoms with Crippen molar-refractivity contribution in [3.63, 3.8) is 0 Å². The van der Waals surface area contributed by atoms with Gasteiger partial charge in [-0.1, -0.05) is 26.3 Å². The molecule has 0 saturated heterocycles. The highest BCUT2D eigenvalue weighted by Gasteiger charge is 2.17. The first-order valence-electron chi connectivity index (χ1n) is 7.36. The van der Waals surface area contributed by atoms with Crippen LogP contribution < -0.4 is 0 Å². The molecule has 0 aromatic carbocycles. The van der Waals surface area contributed by atoms with Gasteiger partial charge in [-0.2, -0.15) is 0 Å². The molecule has 19 heavy (non-hydrogen) atoms. The minimum Gasteiger partial charge on any atom is -0.466 e.